The lowest BCUT2D eigenvalue weighted by molar-refractivity contribution is -0.137. The fraction of sp³-hybridized carbons (Fsp3) is 0.368. The van der Waals surface area contributed by atoms with E-state index < -0.39 is 11.7 Å². The van der Waals surface area contributed by atoms with Crippen LogP contribution in [0.25, 0.3) is 0 Å². The molecule has 0 saturated carbocycles. The van der Waals surface area contributed by atoms with Gasteiger partial charge in [0.1, 0.15) is 0 Å². The van der Waals surface area contributed by atoms with Crippen LogP contribution in [0.4, 0.5) is 13.2 Å². The summed E-state index contributed by atoms with van der Waals surface area (Å²) in [6.45, 7) is 5.58. The number of hydrogen-bond acceptors (Lipinski definition) is 2. The van der Waals surface area contributed by atoms with Crippen molar-refractivity contribution in [3.05, 3.63) is 70.8 Å². The molecule has 0 spiro atoms. The van der Waals surface area contributed by atoms with Crippen molar-refractivity contribution in [1.29, 1.82) is 0 Å². The Morgan fingerprint density at radius 1 is 0.958 bits per heavy atom. The van der Waals surface area contributed by atoms with Gasteiger partial charge >= 0.3 is 6.18 Å². The van der Waals surface area contributed by atoms with Crippen LogP contribution in [0.5, 0.6) is 0 Å². The third kappa shape index (κ3) is 3.62. The van der Waals surface area contributed by atoms with E-state index in [4.69, 9.17) is 0 Å². The number of nitrogens with one attached hydrogen (secondary N) is 1. The molecule has 1 unspecified atom stereocenters. The average molecular weight is 334 g/mol. The summed E-state index contributed by atoms with van der Waals surface area (Å²) < 4.78 is 38.5. The van der Waals surface area contributed by atoms with Crippen molar-refractivity contribution >= 4 is 0 Å². The number of hydrogen-bond donors (Lipinski definition) is 1. The smallest absolute Gasteiger partial charge is 0.314 e. The number of halogens is 3. The second-order valence-electron chi connectivity index (χ2n) is 6.16. The maximum absolute atomic E-state index is 12.8. The lowest BCUT2D eigenvalue weighted by atomic mass is 9.92. The molecule has 0 aromatic heterocycles. The van der Waals surface area contributed by atoms with E-state index >= 15 is 0 Å². The van der Waals surface area contributed by atoms with Gasteiger partial charge in [0.2, 0.25) is 0 Å². The summed E-state index contributed by atoms with van der Waals surface area (Å²) in [6, 6.07) is 13.7. The molecule has 2 aromatic carbocycles. The van der Waals surface area contributed by atoms with Gasteiger partial charge in [0.15, 0.2) is 0 Å². The first kappa shape index (κ1) is 17.0. The first-order valence-electron chi connectivity index (χ1n) is 8.14. The van der Waals surface area contributed by atoms with E-state index in [1.54, 1.807) is 12.1 Å². The molecule has 1 fully saturated rings. The number of aryl methyl sites for hydroxylation is 1. The molecule has 0 bridgehead atoms. The number of rotatable bonds is 3. The van der Waals surface area contributed by atoms with Crippen molar-refractivity contribution in [2.45, 2.75) is 19.1 Å². The number of benzene rings is 2. The van der Waals surface area contributed by atoms with E-state index in [9.17, 15) is 13.2 Å². The Hall–Kier alpha value is -1.85. The molecule has 1 aliphatic heterocycles. The molecule has 128 valence electrons. The van der Waals surface area contributed by atoms with Crippen molar-refractivity contribution in [1.82, 2.24) is 10.2 Å². The summed E-state index contributed by atoms with van der Waals surface area (Å²) in [7, 11) is 0. The van der Waals surface area contributed by atoms with Crippen LogP contribution in [0, 0.1) is 6.92 Å². The molecule has 0 aliphatic carbocycles. The Labute approximate surface area is 140 Å². The van der Waals surface area contributed by atoms with Crippen LogP contribution in [0.3, 0.4) is 0 Å². The van der Waals surface area contributed by atoms with Crippen molar-refractivity contribution in [2.24, 2.45) is 0 Å². The van der Waals surface area contributed by atoms with Crippen LogP contribution < -0.4 is 5.32 Å². The summed E-state index contributed by atoms with van der Waals surface area (Å²) in [4.78, 5) is 2.33. The first-order valence-corrected chi connectivity index (χ1v) is 8.14. The van der Waals surface area contributed by atoms with E-state index in [1.807, 2.05) is 12.1 Å². The number of alkyl halides is 3. The monoisotopic (exact) mass is 334 g/mol. The Morgan fingerprint density at radius 3 is 2.17 bits per heavy atom. The molecule has 2 nitrogen and oxygen atoms in total. The van der Waals surface area contributed by atoms with Crippen LogP contribution in [-0.2, 0) is 6.18 Å². The SMILES string of the molecule is Cc1ccccc1C(c1ccc(C(F)(F)F)cc1)N1CCNCC1. The zero-order chi connectivity index (χ0) is 17.2. The molecule has 1 heterocycles. The fourth-order valence-electron chi connectivity index (χ4n) is 3.28. The third-order valence-electron chi connectivity index (χ3n) is 4.55. The highest BCUT2D eigenvalue weighted by Gasteiger charge is 2.31. The summed E-state index contributed by atoms with van der Waals surface area (Å²) in [5, 5.41) is 3.33. The molecular weight excluding hydrogens is 313 g/mol. The predicted molar refractivity (Wildman–Crippen MR) is 88.9 cm³/mol. The van der Waals surface area contributed by atoms with Crippen molar-refractivity contribution in [3.63, 3.8) is 0 Å². The molecule has 5 heteroatoms. The summed E-state index contributed by atoms with van der Waals surface area (Å²) in [6.07, 6.45) is -4.30. The van der Waals surface area contributed by atoms with E-state index in [0.29, 0.717) is 0 Å². The second kappa shape index (κ2) is 6.95. The molecule has 3 rings (SSSR count). The summed E-state index contributed by atoms with van der Waals surface area (Å²) in [5.74, 6) is 0. The van der Waals surface area contributed by atoms with Gasteiger partial charge in [-0.05, 0) is 35.7 Å². The zero-order valence-corrected chi connectivity index (χ0v) is 13.6. The van der Waals surface area contributed by atoms with Gasteiger partial charge in [0.25, 0.3) is 0 Å². The maximum atomic E-state index is 12.8. The molecular formula is C19H21F3N2. The fourth-order valence-corrected chi connectivity index (χ4v) is 3.28. The minimum Gasteiger partial charge on any atom is -0.314 e. The van der Waals surface area contributed by atoms with Gasteiger partial charge < -0.3 is 5.32 Å². The largest absolute Gasteiger partial charge is 0.416 e. The average Bonchev–Trinajstić information content (AvgIpc) is 2.58. The molecule has 1 aliphatic rings. The molecule has 2 aromatic rings. The third-order valence-corrected chi connectivity index (χ3v) is 4.55. The number of piperazine rings is 1. The van der Waals surface area contributed by atoms with Crippen LogP contribution in [0.2, 0.25) is 0 Å². The predicted octanol–water partition coefficient (Wildman–Crippen LogP) is 4.01. The Balaban J connectivity index is 1.99. The van der Waals surface area contributed by atoms with Crippen LogP contribution >= 0.6 is 0 Å². The molecule has 24 heavy (non-hydrogen) atoms. The van der Waals surface area contributed by atoms with Crippen LogP contribution in [0.15, 0.2) is 48.5 Å². The van der Waals surface area contributed by atoms with Crippen molar-refractivity contribution in [2.75, 3.05) is 26.2 Å². The Bertz CT molecular complexity index is 674. The van der Waals surface area contributed by atoms with E-state index in [0.717, 1.165) is 42.9 Å². The highest BCUT2D eigenvalue weighted by atomic mass is 19.4. The van der Waals surface area contributed by atoms with E-state index in [1.165, 1.54) is 12.1 Å². The van der Waals surface area contributed by atoms with Gasteiger partial charge in [0.05, 0.1) is 11.6 Å². The standard InChI is InChI=1S/C19H21F3N2/c1-14-4-2-3-5-17(14)18(24-12-10-23-11-13-24)15-6-8-16(9-7-15)19(20,21)22/h2-9,18,23H,10-13H2,1H3. The van der Waals surface area contributed by atoms with Gasteiger partial charge in [-0.2, -0.15) is 13.2 Å². The summed E-state index contributed by atoms with van der Waals surface area (Å²) in [5.41, 5.74) is 2.61. The van der Waals surface area contributed by atoms with Gasteiger partial charge in [-0.1, -0.05) is 36.4 Å². The lowest BCUT2D eigenvalue weighted by Gasteiger charge is -2.36. The number of nitrogens with zero attached hydrogens (tertiary/aromatic N) is 1. The topological polar surface area (TPSA) is 15.3 Å². The van der Waals surface area contributed by atoms with Gasteiger partial charge in [0, 0.05) is 26.2 Å². The molecule has 0 amide bonds. The van der Waals surface area contributed by atoms with Crippen LogP contribution in [-0.4, -0.2) is 31.1 Å². The van der Waals surface area contributed by atoms with Gasteiger partial charge in [-0.25, -0.2) is 0 Å². The Morgan fingerprint density at radius 2 is 1.58 bits per heavy atom. The molecule has 1 atom stereocenters. The van der Waals surface area contributed by atoms with Gasteiger partial charge in [-0.3, -0.25) is 4.90 Å². The van der Waals surface area contributed by atoms with E-state index in [2.05, 4.69) is 29.3 Å². The van der Waals surface area contributed by atoms with Crippen molar-refractivity contribution < 1.29 is 13.2 Å². The highest BCUT2D eigenvalue weighted by Crippen LogP contribution is 2.34. The van der Waals surface area contributed by atoms with Gasteiger partial charge in [-0.15, -0.1) is 0 Å². The quantitative estimate of drug-likeness (QED) is 0.912. The minimum atomic E-state index is -4.30. The molecule has 1 saturated heterocycles. The molecule has 1 N–H and O–H groups in total. The maximum Gasteiger partial charge on any atom is 0.416 e. The normalized spacial score (nSPS) is 17.7. The second-order valence-corrected chi connectivity index (χ2v) is 6.16. The lowest BCUT2D eigenvalue weighted by Crippen LogP contribution is -2.45. The molecule has 0 radical (unpaired) electrons. The highest BCUT2D eigenvalue weighted by molar-refractivity contribution is 5.38. The van der Waals surface area contributed by atoms with Crippen LogP contribution in [0.1, 0.15) is 28.3 Å². The summed E-state index contributed by atoms with van der Waals surface area (Å²) >= 11 is 0. The first-order chi connectivity index (χ1) is 11.5. The minimum absolute atomic E-state index is 0.0180. The van der Waals surface area contributed by atoms with Crippen molar-refractivity contribution in [3.8, 4) is 0 Å². The Kier molecular flexibility index (Phi) is 4.92. The van der Waals surface area contributed by atoms with E-state index in [-0.39, 0.29) is 6.04 Å². The zero-order valence-electron chi connectivity index (χ0n) is 13.6.